The van der Waals surface area contributed by atoms with Crippen molar-refractivity contribution in [3.05, 3.63) is 91.0 Å². The molecule has 3 aromatic carbocycles. The molecule has 0 heterocycles. The zero-order valence-electron chi connectivity index (χ0n) is 16.3. The van der Waals surface area contributed by atoms with Gasteiger partial charge in [0.1, 0.15) is 13.9 Å². The minimum absolute atomic E-state index is 0.379. The SMILES string of the molecule is CC(C)CC(=O)CC[Si](c1ccccc1)(c1ccccc1)c1ccccc1. The summed E-state index contributed by atoms with van der Waals surface area (Å²) < 4.78 is 0. The number of carbonyl (C=O) groups is 1. The molecule has 3 aromatic rings. The fraction of sp³-hybridized carbons (Fsp3) is 0.240. The van der Waals surface area contributed by atoms with E-state index in [4.69, 9.17) is 0 Å². The van der Waals surface area contributed by atoms with Crippen LogP contribution in [0.25, 0.3) is 0 Å². The van der Waals surface area contributed by atoms with Crippen LogP contribution in [-0.4, -0.2) is 13.9 Å². The van der Waals surface area contributed by atoms with E-state index < -0.39 is 8.07 Å². The maximum absolute atomic E-state index is 12.6. The molecule has 0 aromatic heterocycles. The molecule has 0 saturated carbocycles. The zero-order chi connectivity index (χ0) is 19.1. The molecule has 3 rings (SSSR count). The predicted molar refractivity (Wildman–Crippen MR) is 118 cm³/mol. The number of Topliss-reactive ketones (excluding diaryl/α,β-unsaturated/α-hetero) is 1. The first-order valence-electron chi connectivity index (χ1n) is 9.81. The highest BCUT2D eigenvalue weighted by atomic mass is 28.3. The van der Waals surface area contributed by atoms with Crippen LogP contribution in [0.5, 0.6) is 0 Å². The topological polar surface area (TPSA) is 17.1 Å². The highest BCUT2D eigenvalue weighted by Gasteiger charge is 2.39. The Kier molecular flexibility index (Phi) is 6.41. The van der Waals surface area contributed by atoms with Crippen molar-refractivity contribution in [2.45, 2.75) is 32.7 Å². The van der Waals surface area contributed by atoms with Gasteiger partial charge in [-0.15, -0.1) is 0 Å². The first-order valence-corrected chi connectivity index (χ1v) is 12.0. The second-order valence-corrected chi connectivity index (χ2v) is 11.7. The Balaban J connectivity index is 2.12. The summed E-state index contributed by atoms with van der Waals surface area (Å²) >= 11 is 0. The predicted octanol–water partition coefficient (Wildman–Crippen LogP) is 4.16. The van der Waals surface area contributed by atoms with Crippen molar-refractivity contribution in [3.63, 3.8) is 0 Å². The van der Waals surface area contributed by atoms with E-state index in [9.17, 15) is 4.79 Å². The van der Waals surface area contributed by atoms with Crippen molar-refractivity contribution in [1.82, 2.24) is 0 Å². The fourth-order valence-corrected chi connectivity index (χ4v) is 8.79. The zero-order valence-corrected chi connectivity index (χ0v) is 17.3. The van der Waals surface area contributed by atoms with Gasteiger partial charge in [-0.25, -0.2) is 0 Å². The quantitative estimate of drug-likeness (QED) is 0.429. The van der Waals surface area contributed by atoms with Crippen molar-refractivity contribution in [2.24, 2.45) is 5.92 Å². The van der Waals surface area contributed by atoms with Crippen LogP contribution in [0.2, 0.25) is 6.04 Å². The summed E-state index contributed by atoms with van der Waals surface area (Å²) in [6, 6.07) is 33.4. The third-order valence-electron chi connectivity index (χ3n) is 5.21. The Morgan fingerprint density at radius 1 is 0.704 bits per heavy atom. The van der Waals surface area contributed by atoms with Crippen LogP contribution in [0.15, 0.2) is 91.0 Å². The second kappa shape index (κ2) is 8.96. The highest BCUT2D eigenvalue weighted by Crippen LogP contribution is 2.17. The monoisotopic (exact) mass is 372 g/mol. The fourth-order valence-electron chi connectivity index (χ4n) is 3.99. The van der Waals surface area contributed by atoms with Crippen molar-refractivity contribution >= 4 is 29.4 Å². The summed E-state index contributed by atoms with van der Waals surface area (Å²) in [5.41, 5.74) is 0. The van der Waals surface area contributed by atoms with Crippen molar-refractivity contribution in [3.8, 4) is 0 Å². The molecule has 0 aliphatic carbocycles. The lowest BCUT2D eigenvalue weighted by Crippen LogP contribution is -2.67. The maximum atomic E-state index is 12.6. The Morgan fingerprint density at radius 3 is 1.41 bits per heavy atom. The van der Waals surface area contributed by atoms with Gasteiger partial charge in [-0.3, -0.25) is 4.79 Å². The van der Waals surface area contributed by atoms with E-state index in [1.165, 1.54) is 15.6 Å². The minimum atomic E-state index is -2.26. The first-order chi connectivity index (χ1) is 13.1. The molecule has 0 N–H and O–H groups in total. The molecule has 0 unspecified atom stereocenters. The van der Waals surface area contributed by atoms with Gasteiger partial charge in [0, 0.05) is 12.8 Å². The standard InChI is InChI=1S/C25H28OSi/c1-21(2)20-22(26)18-19-27(23-12-6-3-7-13-23,24-14-8-4-9-15-24)25-16-10-5-11-17-25/h3-17,21H,18-20H2,1-2H3. The van der Waals surface area contributed by atoms with E-state index in [2.05, 4.69) is 105 Å². The van der Waals surface area contributed by atoms with E-state index >= 15 is 0 Å². The normalized spacial score (nSPS) is 11.5. The van der Waals surface area contributed by atoms with Gasteiger partial charge in [-0.2, -0.15) is 0 Å². The number of hydrogen-bond donors (Lipinski definition) is 0. The molecule has 0 atom stereocenters. The largest absolute Gasteiger partial charge is 0.300 e. The number of benzene rings is 3. The number of ketones is 1. The van der Waals surface area contributed by atoms with Gasteiger partial charge in [0.05, 0.1) is 0 Å². The molecule has 0 radical (unpaired) electrons. The van der Waals surface area contributed by atoms with Crippen molar-refractivity contribution in [2.75, 3.05) is 0 Å². The molecule has 0 spiro atoms. The Bertz CT molecular complexity index is 745. The third kappa shape index (κ3) is 4.45. The summed E-state index contributed by atoms with van der Waals surface area (Å²) in [5.74, 6) is 0.795. The van der Waals surface area contributed by atoms with E-state index in [0.29, 0.717) is 24.5 Å². The summed E-state index contributed by atoms with van der Waals surface area (Å²) in [7, 11) is -2.26. The van der Waals surface area contributed by atoms with Crippen molar-refractivity contribution in [1.29, 1.82) is 0 Å². The van der Waals surface area contributed by atoms with E-state index in [0.717, 1.165) is 6.04 Å². The molecule has 0 amide bonds. The Hall–Kier alpha value is -2.45. The van der Waals surface area contributed by atoms with Gasteiger partial charge in [-0.1, -0.05) is 105 Å². The summed E-state index contributed by atoms with van der Waals surface area (Å²) in [5, 5.41) is 4.12. The van der Waals surface area contributed by atoms with Crippen LogP contribution in [-0.2, 0) is 4.79 Å². The second-order valence-electron chi connectivity index (χ2n) is 7.64. The van der Waals surface area contributed by atoms with Crippen LogP contribution in [0, 0.1) is 5.92 Å². The van der Waals surface area contributed by atoms with Crippen LogP contribution < -0.4 is 15.6 Å². The van der Waals surface area contributed by atoms with Gasteiger partial charge in [0.2, 0.25) is 0 Å². The minimum Gasteiger partial charge on any atom is -0.300 e. The summed E-state index contributed by atoms with van der Waals surface area (Å²) in [6.45, 7) is 4.24. The van der Waals surface area contributed by atoms with E-state index in [-0.39, 0.29) is 0 Å². The molecule has 1 nitrogen and oxygen atoms in total. The molecule has 0 bridgehead atoms. The maximum Gasteiger partial charge on any atom is 0.148 e. The van der Waals surface area contributed by atoms with Gasteiger partial charge in [0.25, 0.3) is 0 Å². The van der Waals surface area contributed by atoms with Crippen LogP contribution in [0.1, 0.15) is 26.7 Å². The van der Waals surface area contributed by atoms with Gasteiger partial charge < -0.3 is 0 Å². The van der Waals surface area contributed by atoms with E-state index in [1.54, 1.807) is 0 Å². The lowest BCUT2D eigenvalue weighted by atomic mass is 10.1. The number of carbonyl (C=O) groups excluding carboxylic acids is 1. The van der Waals surface area contributed by atoms with Crippen LogP contribution in [0.4, 0.5) is 0 Å². The molecule has 0 fully saturated rings. The van der Waals surface area contributed by atoms with Gasteiger partial charge in [0.15, 0.2) is 0 Å². The van der Waals surface area contributed by atoms with E-state index in [1.807, 2.05) is 0 Å². The molecule has 0 aliphatic rings. The van der Waals surface area contributed by atoms with Crippen molar-refractivity contribution < 1.29 is 4.79 Å². The average Bonchev–Trinajstić information content (AvgIpc) is 2.70. The summed E-state index contributed by atoms with van der Waals surface area (Å²) in [6.07, 6.45) is 1.31. The molecule has 0 saturated heterocycles. The Morgan fingerprint density at radius 2 is 1.07 bits per heavy atom. The molecule has 2 heteroatoms. The van der Waals surface area contributed by atoms with Gasteiger partial charge >= 0.3 is 0 Å². The first kappa shape index (κ1) is 19.3. The molecule has 138 valence electrons. The van der Waals surface area contributed by atoms with Crippen LogP contribution in [0.3, 0.4) is 0 Å². The molecule has 0 aliphatic heterocycles. The molecule has 27 heavy (non-hydrogen) atoms. The third-order valence-corrected chi connectivity index (χ3v) is 10.2. The van der Waals surface area contributed by atoms with Gasteiger partial charge in [-0.05, 0) is 27.5 Å². The average molecular weight is 373 g/mol. The molecular formula is C25H28OSi. The number of rotatable bonds is 8. The smallest absolute Gasteiger partial charge is 0.148 e. The lowest BCUT2D eigenvalue weighted by Gasteiger charge is -2.33. The lowest BCUT2D eigenvalue weighted by molar-refractivity contribution is -0.119. The highest BCUT2D eigenvalue weighted by molar-refractivity contribution is 7.11. The Labute approximate surface area is 164 Å². The summed E-state index contributed by atoms with van der Waals surface area (Å²) in [4.78, 5) is 12.6. The van der Waals surface area contributed by atoms with Crippen LogP contribution >= 0.6 is 0 Å². The number of hydrogen-bond acceptors (Lipinski definition) is 1. The molecular weight excluding hydrogens is 344 g/mol.